The molecule has 5 heteroatoms. The minimum Gasteiger partial charge on any atom is -0.479 e. The molecule has 0 aromatic heterocycles. The van der Waals surface area contributed by atoms with Crippen LogP contribution in [0.1, 0.15) is 34.5 Å². The molecule has 0 amide bonds. The molecular formula is C12H13BrO4. The number of hydrogen-bond donors (Lipinski definition) is 2. The highest BCUT2D eigenvalue weighted by atomic mass is 79.9. The zero-order valence-corrected chi connectivity index (χ0v) is 11.1. The molecular weight excluding hydrogens is 288 g/mol. The first kappa shape index (κ1) is 13.9. The largest absolute Gasteiger partial charge is 0.479 e. The summed E-state index contributed by atoms with van der Waals surface area (Å²) in [6.07, 6.45) is -1.62. The third-order valence-corrected chi connectivity index (χ3v) is 3.54. The average Bonchev–Trinajstić information content (AvgIpc) is 2.26. The molecule has 2 unspecified atom stereocenters. The molecule has 0 aliphatic heterocycles. The smallest absolute Gasteiger partial charge is 0.337 e. The van der Waals surface area contributed by atoms with Crippen LogP contribution >= 0.6 is 15.9 Å². The number of rotatable bonds is 4. The van der Waals surface area contributed by atoms with E-state index in [1.165, 1.54) is 13.0 Å². The Balaban J connectivity index is 3.30. The van der Waals surface area contributed by atoms with E-state index in [0.29, 0.717) is 5.56 Å². The fourth-order valence-corrected chi connectivity index (χ4v) is 1.91. The van der Waals surface area contributed by atoms with Gasteiger partial charge in [0.25, 0.3) is 0 Å². The van der Waals surface area contributed by atoms with Crippen LogP contribution in [0.2, 0.25) is 0 Å². The Hall–Kier alpha value is -1.20. The molecule has 0 heterocycles. The number of aryl methyl sites for hydroxylation is 1. The number of carboxylic acid groups (broad SMARTS) is 1. The maximum Gasteiger partial charge on any atom is 0.337 e. The molecule has 0 spiro atoms. The van der Waals surface area contributed by atoms with E-state index in [1.54, 1.807) is 12.1 Å². The van der Waals surface area contributed by atoms with Crippen LogP contribution in [0.3, 0.4) is 0 Å². The number of aliphatic carboxylic acids is 1. The molecule has 1 rings (SSSR count). The Bertz CT molecular complexity index is 456. The van der Waals surface area contributed by atoms with Crippen molar-refractivity contribution in [3.8, 4) is 0 Å². The number of alkyl halides is 1. The van der Waals surface area contributed by atoms with E-state index in [4.69, 9.17) is 5.11 Å². The SMILES string of the molecule is CC(=O)C(Br)c1cc(C)ccc1C(O)C(=O)O. The summed E-state index contributed by atoms with van der Waals surface area (Å²) in [6, 6.07) is 4.92. The third-order valence-electron chi connectivity index (χ3n) is 2.40. The number of benzene rings is 1. The van der Waals surface area contributed by atoms with Crippen molar-refractivity contribution in [1.82, 2.24) is 0 Å². The number of aliphatic hydroxyl groups excluding tert-OH is 1. The molecule has 4 nitrogen and oxygen atoms in total. The van der Waals surface area contributed by atoms with E-state index in [1.807, 2.05) is 6.92 Å². The average molecular weight is 301 g/mol. The van der Waals surface area contributed by atoms with Gasteiger partial charge in [-0.15, -0.1) is 0 Å². The maximum absolute atomic E-state index is 11.3. The highest BCUT2D eigenvalue weighted by molar-refractivity contribution is 9.09. The number of Topliss-reactive ketones (excluding diaryl/α,β-unsaturated/α-hetero) is 1. The minimum absolute atomic E-state index is 0.144. The predicted octanol–water partition coefficient (Wildman–Crippen LogP) is 2.14. The van der Waals surface area contributed by atoms with E-state index in [-0.39, 0.29) is 11.3 Å². The number of carbonyl (C=O) groups excluding carboxylic acids is 1. The molecule has 17 heavy (non-hydrogen) atoms. The van der Waals surface area contributed by atoms with Crippen molar-refractivity contribution < 1.29 is 19.8 Å². The van der Waals surface area contributed by atoms with Crippen LogP contribution in [-0.2, 0) is 9.59 Å². The molecule has 0 saturated heterocycles. The highest BCUT2D eigenvalue weighted by Gasteiger charge is 2.24. The standard InChI is InChI=1S/C12H13BrO4/c1-6-3-4-8(11(15)12(16)17)9(5-6)10(13)7(2)14/h3-5,10-11,15H,1-2H3,(H,16,17). The summed E-state index contributed by atoms with van der Waals surface area (Å²) in [4.78, 5) is 21.5. The van der Waals surface area contributed by atoms with Gasteiger partial charge >= 0.3 is 5.97 Å². The minimum atomic E-state index is -1.62. The summed E-state index contributed by atoms with van der Waals surface area (Å²) in [5.74, 6) is -1.48. The quantitative estimate of drug-likeness (QED) is 0.836. The lowest BCUT2D eigenvalue weighted by Gasteiger charge is -2.16. The van der Waals surface area contributed by atoms with Gasteiger partial charge in [-0.2, -0.15) is 0 Å². The normalized spacial score (nSPS) is 14.1. The van der Waals surface area contributed by atoms with Crippen LogP contribution in [0.15, 0.2) is 18.2 Å². The van der Waals surface area contributed by atoms with E-state index in [9.17, 15) is 14.7 Å². The van der Waals surface area contributed by atoms with Gasteiger partial charge < -0.3 is 10.2 Å². The second-order valence-electron chi connectivity index (χ2n) is 3.85. The molecule has 0 saturated carbocycles. The molecule has 0 aliphatic carbocycles. The van der Waals surface area contributed by atoms with Gasteiger partial charge in [0.15, 0.2) is 6.10 Å². The Morgan fingerprint density at radius 2 is 1.88 bits per heavy atom. The summed E-state index contributed by atoms with van der Waals surface area (Å²) in [6.45, 7) is 3.24. The molecule has 0 bridgehead atoms. The van der Waals surface area contributed by atoms with Crippen LogP contribution < -0.4 is 0 Å². The Morgan fingerprint density at radius 3 is 2.35 bits per heavy atom. The van der Waals surface area contributed by atoms with Crippen molar-refractivity contribution >= 4 is 27.7 Å². The zero-order valence-electron chi connectivity index (χ0n) is 9.48. The Labute approximate surface area is 107 Å². The van der Waals surface area contributed by atoms with Crippen molar-refractivity contribution in [2.45, 2.75) is 24.8 Å². The van der Waals surface area contributed by atoms with Crippen LogP contribution in [-0.4, -0.2) is 22.0 Å². The van der Waals surface area contributed by atoms with Crippen LogP contribution in [0.5, 0.6) is 0 Å². The van der Waals surface area contributed by atoms with Gasteiger partial charge in [-0.25, -0.2) is 4.79 Å². The lowest BCUT2D eigenvalue weighted by atomic mass is 9.96. The van der Waals surface area contributed by atoms with E-state index < -0.39 is 16.9 Å². The van der Waals surface area contributed by atoms with Gasteiger partial charge in [0, 0.05) is 0 Å². The topological polar surface area (TPSA) is 74.6 Å². The van der Waals surface area contributed by atoms with Gasteiger partial charge in [-0.3, -0.25) is 4.79 Å². The summed E-state index contributed by atoms with van der Waals surface area (Å²) < 4.78 is 0. The van der Waals surface area contributed by atoms with Crippen molar-refractivity contribution in [3.05, 3.63) is 34.9 Å². The molecule has 0 aliphatic rings. The number of aliphatic hydroxyl groups is 1. The summed E-state index contributed by atoms with van der Waals surface area (Å²) >= 11 is 3.20. The number of halogens is 1. The summed E-state index contributed by atoms with van der Waals surface area (Å²) in [7, 11) is 0. The van der Waals surface area contributed by atoms with Crippen molar-refractivity contribution in [2.24, 2.45) is 0 Å². The number of ketones is 1. The lowest BCUT2D eigenvalue weighted by molar-refractivity contribution is -0.147. The molecule has 1 aromatic rings. The molecule has 92 valence electrons. The fourth-order valence-electron chi connectivity index (χ4n) is 1.51. The van der Waals surface area contributed by atoms with Gasteiger partial charge in [-0.1, -0.05) is 39.7 Å². The Kier molecular flexibility index (Phi) is 4.42. The molecule has 2 N–H and O–H groups in total. The van der Waals surface area contributed by atoms with Crippen molar-refractivity contribution in [1.29, 1.82) is 0 Å². The third kappa shape index (κ3) is 3.14. The first-order valence-electron chi connectivity index (χ1n) is 5.00. The molecule has 1 aromatic carbocycles. The molecule has 2 atom stereocenters. The number of carbonyl (C=O) groups is 2. The first-order chi connectivity index (χ1) is 7.84. The van der Waals surface area contributed by atoms with Crippen LogP contribution in [0.4, 0.5) is 0 Å². The summed E-state index contributed by atoms with van der Waals surface area (Å²) in [5.41, 5.74) is 1.62. The highest BCUT2D eigenvalue weighted by Crippen LogP contribution is 2.31. The van der Waals surface area contributed by atoms with E-state index in [0.717, 1.165) is 5.56 Å². The molecule has 0 fully saturated rings. The van der Waals surface area contributed by atoms with Crippen molar-refractivity contribution in [3.63, 3.8) is 0 Å². The van der Waals surface area contributed by atoms with Gasteiger partial charge in [0.1, 0.15) is 5.78 Å². The first-order valence-corrected chi connectivity index (χ1v) is 5.92. The number of carboxylic acids is 1. The van der Waals surface area contributed by atoms with Gasteiger partial charge in [-0.05, 0) is 25.0 Å². The van der Waals surface area contributed by atoms with E-state index in [2.05, 4.69) is 15.9 Å². The Morgan fingerprint density at radius 1 is 1.29 bits per heavy atom. The second kappa shape index (κ2) is 5.42. The molecule has 0 radical (unpaired) electrons. The summed E-state index contributed by atoms with van der Waals surface area (Å²) in [5, 5.41) is 18.4. The van der Waals surface area contributed by atoms with Crippen molar-refractivity contribution in [2.75, 3.05) is 0 Å². The predicted molar refractivity (Wildman–Crippen MR) is 66.1 cm³/mol. The number of hydrogen-bond acceptors (Lipinski definition) is 3. The lowest BCUT2D eigenvalue weighted by Crippen LogP contribution is -2.15. The zero-order chi connectivity index (χ0) is 13.2. The van der Waals surface area contributed by atoms with Crippen LogP contribution in [0.25, 0.3) is 0 Å². The maximum atomic E-state index is 11.3. The monoisotopic (exact) mass is 300 g/mol. The second-order valence-corrected chi connectivity index (χ2v) is 4.76. The van der Waals surface area contributed by atoms with Gasteiger partial charge in [0.2, 0.25) is 0 Å². The van der Waals surface area contributed by atoms with Gasteiger partial charge in [0.05, 0.1) is 4.83 Å². The van der Waals surface area contributed by atoms with E-state index >= 15 is 0 Å². The van der Waals surface area contributed by atoms with Crippen LogP contribution in [0, 0.1) is 6.92 Å². The fraction of sp³-hybridized carbons (Fsp3) is 0.333.